The van der Waals surface area contributed by atoms with E-state index in [4.69, 9.17) is 4.74 Å². The second kappa shape index (κ2) is 2.76. The van der Waals surface area contributed by atoms with Crippen LogP contribution in [0.5, 0.6) is 0 Å². The summed E-state index contributed by atoms with van der Waals surface area (Å²) < 4.78 is 5.35. The molecular weight excluding hydrogens is 138 g/mol. The van der Waals surface area contributed by atoms with Crippen LogP contribution in [0.2, 0.25) is 0 Å². The molecule has 2 fully saturated rings. The van der Waals surface area contributed by atoms with Crippen molar-refractivity contribution in [2.75, 3.05) is 26.8 Å². The Balaban J connectivity index is 1.84. The molecule has 0 amide bonds. The van der Waals surface area contributed by atoms with Crippen LogP contribution in [0.3, 0.4) is 0 Å². The lowest BCUT2D eigenvalue weighted by Crippen LogP contribution is -2.22. The van der Waals surface area contributed by atoms with Crippen LogP contribution in [0.4, 0.5) is 0 Å². The molecule has 1 spiro atoms. The Hall–Kier alpha value is -0.0800. The van der Waals surface area contributed by atoms with Gasteiger partial charge in [0.05, 0.1) is 0 Å². The molecule has 11 heavy (non-hydrogen) atoms. The summed E-state index contributed by atoms with van der Waals surface area (Å²) >= 11 is 0. The monoisotopic (exact) mass is 155 g/mol. The largest absolute Gasteiger partial charge is 0.381 e. The Morgan fingerprint density at radius 1 is 1.45 bits per heavy atom. The van der Waals surface area contributed by atoms with Gasteiger partial charge in [-0.2, -0.15) is 0 Å². The number of hydrogen-bond donors (Lipinski definition) is 1. The Morgan fingerprint density at radius 2 is 2.18 bits per heavy atom. The maximum Gasteiger partial charge on any atom is 0.0471 e. The van der Waals surface area contributed by atoms with Gasteiger partial charge in [0, 0.05) is 13.2 Å². The first kappa shape index (κ1) is 7.56. The van der Waals surface area contributed by atoms with Gasteiger partial charge < -0.3 is 10.1 Å². The zero-order valence-electron chi connectivity index (χ0n) is 7.23. The van der Waals surface area contributed by atoms with Gasteiger partial charge in [0.1, 0.15) is 0 Å². The van der Waals surface area contributed by atoms with E-state index in [-0.39, 0.29) is 0 Å². The molecular formula is C9H17NO. The predicted molar refractivity (Wildman–Crippen MR) is 44.5 cm³/mol. The first-order chi connectivity index (χ1) is 5.37. The fourth-order valence-electron chi connectivity index (χ4n) is 2.36. The molecule has 0 radical (unpaired) electrons. The first-order valence-corrected chi connectivity index (χ1v) is 4.60. The standard InChI is InChI=1S/C9H17NO/c1-10-7-8-6-9(8)2-4-11-5-3-9/h8,10H,2-7H2,1H3. The fraction of sp³-hybridized carbons (Fsp3) is 1.00. The lowest BCUT2D eigenvalue weighted by Gasteiger charge is -2.22. The summed E-state index contributed by atoms with van der Waals surface area (Å²) in [5.41, 5.74) is 0.710. The highest BCUT2D eigenvalue weighted by Gasteiger charge is 2.53. The minimum Gasteiger partial charge on any atom is -0.381 e. The maximum absolute atomic E-state index is 5.35. The van der Waals surface area contributed by atoms with Gasteiger partial charge in [0.15, 0.2) is 0 Å². The third kappa shape index (κ3) is 1.30. The molecule has 1 aliphatic carbocycles. The molecule has 1 saturated carbocycles. The Labute approximate surface area is 68.3 Å². The minimum atomic E-state index is 0.710. The predicted octanol–water partition coefficient (Wildman–Crippen LogP) is 1.02. The molecule has 0 bridgehead atoms. The van der Waals surface area contributed by atoms with Gasteiger partial charge in [0.2, 0.25) is 0 Å². The summed E-state index contributed by atoms with van der Waals surface area (Å²) in [5, 5.41) is 3.26. The van der Waals surface area contributed by atoms with Crippen molar-refractivity contribution in [2.45, 2.75) is 19.3 Å². The Kier molecular flexibility index (Phi) is 1.90. The first-order valence-electron chi connectivity index (χ1n) is 4.60. The zero-order valence-corrected chi connectivity index (χ0v) is 7.23. The highest BCUT2D eigenvalue weighted by molar-refractivity contribution is 5.03. The van der Waals surface area contributed by atoms with Crippen molar-refractivity contribution in [3.8, 4) is 0 Å². The fourth-order valence-corrected chi connectivity index (χ4v) is 2.36. The van der Waals surface area contributed by atoms with Crippen LogP contribution in [0.1, 0.15) is 19.3 Å². The van der Waals surface area contributed by atoms with Crippen LogP contribution in [0.25, 0.3) is 0 Å². The van der Waals surface area contributed by atoms with Crippen LogP contribution < -0.4 is 5.32 Å². The molecule has 2 heteroatoms. The summed E-state index contributed by atoms with van der Waals surface area (Å²) in [4.78, 5) is 0. The smallest absolute Gasteiger partial charge is 0.0471 e. The second-order valence-corrected chi connectivity index (χ2v) is 3.93. The molecule has 0 aromatic heterocycles. The van der Waals surface area contributed by atoms with Gasteiger partial charge in [-0.05, 0) is 44.2 Å². The van der Waals surface area contributed by atoms with Gasteiger partial charge in [-0.3, -0.25) is 0 Å². The second-order valence-electron chi connectivity index (χ2n) is 3.93. The molecule has 1 N–H and O–H groups in total. The van der Waals surface area contributed by atoms with Crippen molar-refractivity contribution in [1.29, 1.82) is 0 Å². The number of ether oxygens (including phenoxy) is 1. The molecule has 1 saturated heterocycles. The molecule has 1 heterocycles. The van der Waals surface area contributed by atoms with Crippen molar-refractivity contribution in [2.24, 2.45) is 11.3 Å². The van der Waals surface area contributed by atoms with E-state index in [1.165, 1.54) is 25.8 Å². The number of rotatable bonds is 2. The SMILES string of the molecule is CNCC1CC12CCOCC2. The van der Waals surface area contributed by atoms with E-state index in [9.17, 15) is 0 Å². The Morgan fingerprint density at radius 3 is 2.82 bits per heavy atom. The average molecular weight is 155 g/mol. The average Bonchev–Trinajstić information content (AvgIpc) is 2.66. The van der Waals surface area contributed by atoms with E-state index in [2.05, 4.69) is 5.32 Å². The molecule has 0 aromatic rings. The lowest BCUT2D eigenvalue weighted by molar-refractivity contribution is 0.0521. The van der Waals surface area contributed by atoms with Crippen LogP contribution in [0.15, 0.2) is 0 Å². The van der Waals surface area contributed by atoms with Gasteiger partial charge in [0.25, 0.3) is 0 Å². The van der Waals surface area contributed by atoms with Gasteiger partial charge in [-0.15, -0.1) is 0 Å². The van der Waals surface area contributed by atoms with Crippen molar-refractivity contribution in [1.82, 2.24) is 5.32 Å². The molecule has 1 unspecified atom stereocenters. The molecule has 1 aliphatic heterocycles. The van der Waals surface area contributed by atoms with E-state index in [0.29, 0.717) is 5.41 Å². The van der Waals surface area contributed by atoms with Crippen molar-refractivity contribution < 1.29 is 4.74 Å². The quantitative estimate of drug-likeness (QED) is 0.643. The highest BCUT2D eigenvalue weighted by atomic mass is 16.5. The van der Waals surface area contributed by atoms with Crippen molar-refractivity contribution in [3.63, 3.8) is 0 Å². The Bertz CT molecular complexity index is 140. The minimum absolute atomic E-state index is 0.710. The third-order valence-electron chi connectivity index (χ3n) is 3.30. The molecule has 2 nitrogen and oxygen atoms in total. The molecule has 2 rings (SSSR count). The molecule has 2 aliphatic rings. The number of hydrogen-bond acceptors (Lipinski definition) is 2. The summed E-state index contributed by atoms with van der Waals surface area (Å²) in [6, 6.07) is 0. The summed E-state index contributed by atoms with van der Waals surface area (Å²) in [6.45, 7) is 3.21. The van der Waals surface area contributed by atoms with Crippen LogP contribution in [-0.2, 0) is 4.74 Å². The van der Waals surface area contributed by atoms with E-state index >= 15 is 0 Å². The van der Waals surface area contributed by atoms with Crippen LogP contribution in [0, 0.1) is 11.3 Å². The molecule has 1 atom stereocenters. The summed E-state index contributed by atoms with van der Waals surface area (Å²) in [7, 11) is 2.05. The molecule has 0 aromatic carbocycles. The van der Waals surface area contributed by atoms with Gasteiger partial charge in [-0.1, -0.05) is 0 Å². The summed E-state index contributed by atoms with van der Waals surface area (Å²) in [5.74, 6) is 0.955. The topological polar surface area (TPSA) is 21.3 Å². The van der Waals surface area contributed by atoms with Gasteiger partial charge in [-0.25, -0.2) is 0 Å². The third-order valence-corrected chi connectivity index (χ3v) is 3.30. The van der Waals surface area contributed by atoms with Crippen molar-refractivity contribution >= 4 is 0 Å². The maximum atomic E-state index is 5.35. The van der Waals surface area contributed by atoms with Crippen LogP contribution >= 0.6 is 0 Å². The zero-order chi connectivity index (χ0) is 7.73. The van der Waals surface area contributed by atoms with E-state index < -0.39 is 0 Å². The van der Waals surface area contributed by atoms with Gasteiger partial charge >= 0.3 is 0 Å². The number of nitrogens with one attached hydrogen (secondary N) is 1. The lowest BCUT2D eigenvalue weighted by atomic mass is 9.94. The summed E-state index contributed by atoms with van der Waals surface area (Å²) in [6.07, 6.45) is 4.05. The van der Waals surface area contributed by atoms with E-state index in [0.717, 1.165) is 19.1 Å². The van der Waals surface area contributed by atoms with E-state index in [1.807, 2.05) is 7.05 Å². The normalized spacial score (nSPS) is 34.1. The highest BCUT2D eigenvalue weighted by Crippen LogP contribution is 2.58. The van der Waals surface area contributed by atoms with Crippen LogP contribution in [-0.4, -0.2) is 26.8 Å². The molecule has 64 valence electrons. The van der Waals surface area contributed by atoms with E-state index in [1.54, 1.807) is 0 Å². The van der Waals surface area contributed by atoms with Crippen molar-refractivity contribution in [3.05, 3.63) is 0 Å².